The third-order valence-corrected chi connectivity index (χ3v) is 4.18. The minimum Gasteiger partial charge on any atom is -0.388 e. The predicted octanol–water partition coefficient (Wildman–Crippen LogP) is 2.06. The molecule has 0 saturated heterocycles. The number of nitrogens with zero attached hydrogens (tertiary/aromatic N) is 3. The number of thiazole rings is 1. The van der Waals surface area contributed by atoms with E-state index >= 15 is 0 Å². The molecule has 2 aromatic heterocycles. The largest absolute Gasteiger partial charge is 0.388 e. The van der Waals surface area contributed by atoms with E-state index in [0.29, 0.717) is 10.6 Å². The van der Waals surface area contributed by atoms with Crippen LogP contribution in [0.15, 0.2) is 6.20 Å². The van der Waals surface area contributed by atoms with Crippen LogP contribution in [-0.2, 0) is 13.0 Å². The molecule has 92 valence electrons. The highest BCUT2D eigenvalue weighted by molar-refractivity contribution is 7.71. The van der Waals surface area contributed by atoms with E-state index in [-0.39, 0.29) is 12.6 Å². The fraction of sp³-hybridized carbons (Fsp3) is 0.500. The number of aromatic amines is 1. The van der Waals surface area contributed by atoms with E-state index in [1.807, 2.05) is 13.1 Å². The van der Waals surface area contributed by atoms with Gasteiger partial charge in [0.05, 0.1) is 6.04 Å². The molecule has 17 heavy (non-hydrogen) atoms. The molecule has 0 aliphatic carbocycles. The van der Waals surface area contributed by atoms with Crippen molar-refractivity contribution in [3.63, 3.8) is 0 Å². The zero-order valence-corrected chi connectivity index (χ0v) is 11.3. The van der Waals surface area contributed by atoms with E-state index in [9.17, 15) is 5.11 Å². The molecule has 2 aromatic rings. The molecule has 0 aliphatic heterocycles. The van der Waals surface area contributed by atoms with Crippen LogP contribution in [0.4, 0.5) is 0 Å². The summed E-state index contributed by atoms with van der Waals surface area (Å²) in [5, 5.41) is 16.9. The molecule has 2 rings (SSSR count). The average Bonchev–Trinajstić information content (AvgIpc) is 2.94. The highest BCUT2D eigenvalue weighted by Gasteiger charge is 2.17. The van der Waals surface area contributed by atoms with Crippen LogP contribution in [0.25, 0.3) is 0 Å². The van der Waals surface area contributed by atoms with Gasteiger partial charge in [-0.15, -0.1) is 11.3 Å². The summed E-state index contributed by atoms with van der Waals surface area (Å²) in [6.07, 6.45) is 2.87. The summed E-state index contributed by atoms with van der Waals surface area (Å²) >= 11 is 6.83. The van der Waals surface area contributed by atoms with Gasteiger partial charge in [0, 0.05) is 11.1 Å². The lowest BCUT2D eigenvalue weighted by Crippen LogP contribution is -2.10. The van der Waals surface area contributed by atoms with Crippen LogP contribution in [-0.4, -0.2) is 24.9 Å². The number of hydrogen-bond acceptors (Lipinski definition) is 5. The first-order chi connectivity index (χ1) is 8.17. The van der Waals surface area contributed by atoms with Gasteiger partial charge in [-0.1, -0.05) is 6.92 Å². The van der Waals surface area contributed by atoms with Gasteiger partial charge in [0.15, 0.2) is 10.6 Å². The van der Waals surface area contributed by atoms with E-state index in [4.69, 9.17) is 12.2 Å². The molecule has 1 atom stereocenters. The number of aryl methyl sites for hydroxylation is 1. The van der Waals surface area contributed by atoms with E-state index in [0.717, 1.165) is 11.4 Å². The Morgan fingerprint density at radius 3 is 3.00 bits per heavy atom. The highest BCUT2D eigenvalue weighted by atomic mass is 32.1. The van der Waals surface area contributed by atoms with Gasteiger partial charge >= 0.3 is 0 Å². The Kier molecular flexibility index (Phi) is 3.70. The lowest BCUT2D eigenvalue weighted by Gasteiger charge is -2.11. The standard InChI is InChI=1S/C10H14N4OS2/c1-3-7-4-11-9(17-7)6(2)14-8(5-15)12-13-10(14)16/h4,6,15H,3,5H2,1-2H3,(H,13,16). The predicted molar refractivity (Wildman–Crippen MR) is 68.6 cm³/mol. The van der Waals surface area contributed by atoms with Crippen molar-refractivity contribution in [3.05, 3.63) is 26.7 Å². The van der Waals surface area contributed by atoms with Gasteiger partial charge in [0.2, 0.25) is 0 Å². The molecule has 0 saturated carbocycles. The normalized spacial score (nSPS) is 12.9. The molecule has 1 unspecified atom stereocenters. The molecule has 0 amide bonds. The van der Waals surface area contributed by atoms with E-state index < -0.39 is 0 Å². The zero-order valence-electron chi connectivity index (χ0n) is 9.67. The Balaban J connectivity index is 2.39. The Hall–Kier alpha value is -1.05. The van der Waals surface area contributed by atoms with Crippen LogP contribution in [0, 0.1) is 4.77 Å². The van der Waals surface area contributed by atoms with Crippen molar-refractivity contribution in [2.75, 3.05) is 0 Å². The number of aromatic nitrogens is 4. The molecule has 2 heterocycles. The lowest BCUT2D eigenvalue weighted by atomic mass is 10.3. The SMILES string of the molecule is CCc1cnc(C(C)n2c(CO)n[nH]c2=S)s1. The number of aliphatic hydroxyl groups excluding tert-OH is 1. The van der Waals surface area contributed by atoms with Crippen LogP contribution >= 0.6 is 23.6 Å². The van der Waals surface area contributed by atoms with E-state index in [1.54, 1.807) is 15.9 Å². The number of rotatable bonds is 4. The van der Waals surface area contributed by atoms with E-state index in [1.165, 1.54) is 4.88 Å². The number of H-pyrrole nitrogens is 1. The van der Waals surface area contributed by atoms with Crippen molar-refractivity contribution in [3.8, 4) is 0 Å². The van der Waals surface area contributed by atoms with Gasteiger partial charge in [-0.3, -0.25) is 9.67 Å². The number of nitrogens with one attached hydrogen (secondary N) is 1. The Morgan fingerprint density at radius 2 is 2.41 bits per heavy atom. The van der Waals surface area contributed by atoms with Crippen molar-refractivity contribution in [1.82, 2.24) is 19.7 Å². The third kappa shape index (κ3) is 2.31. The summed E-state index contributed by atoms with van der Waals surface area (Å²) in [6.45, 7) is 3.97. The van der Waals surface area contributed by atoms with Crippen molar-refractivity contribution in [2.45, 2.75) is 32.9 Å². The second kappa shape index (κ2) is 5.07. The number of hydrogen-bond donors (Lipinski definition) is 2. The summed E-state index contributed by atoms with van der Waals surface area (Å²) < 4.78 is 2.31. The van der Waals surface area contributed by atoms with Crippen molar-refractivity contribution < 1.29 is 5.11 Å². The average molecular weight is 270 g/mol. The molecule has 0 bridgehead atoms. The summed E-state index contributed by atoms with van der Waals surface area (Å²) in [4.78, 5) is 5.63. The molecule has 7 heteroatoms. The van der Waals surface area contributed by atoms with Crippen LogP contribution in [0.3, 0.4) is 0 Å². The molecule has 2 N–H and O–H groups in total. The minimum absolute atomic E-state index is 0.00583. The second-order valence-electron chi connectivity index (χ2n) is 3.67. The van der Waals surface area contributed by atoms with E-state index in [2.05, 4.69) is 22.1 Å². The maximum Gasteiger partial charge on any atom is 0.195 e. The van der Waals surface area contributed by atoms with Gasteiger partial charge in [-0.05, 0) is 25.6 Å². The first-order valence-electron chi connectivity index (χ1n) is 5.38. The molecular weight excluding hydrogens is 256 g/mol. The summed E-state index contributed by atoms with van der Waals surface area (Å²) in [5.74, 6) is 0.538. The quantitative estimate of drug-likeness (QED) is 0.835. The molecular formula is C10H14N4OS2. The maximum absolute atomic E-state index is 9.21. The van der Waals surface area contributed by atoms with Gasteiger partial charge in [-0.2, -0.15) is 5.10 Å². The van der Waals surface area contributed by atoms with Crippen LogP contribution in [0.1, 0.15) is 35.6 Å². The van der Waals surface area contributed by atoms with Crippen LogP contribution in [0.5, 0.6) is 0 Å². The van der Waals surface area contributed by atoms with Gasteiger partial charge in [-0.25, -0.2) is 4.98 Å². The minimum atomic E-state index is -0.135. The fourth-order valence-electron chi connectivity index (χ4n) is 1.64. The van der Waals surface area contributed by atoms with Crippen LogP contribution in [0.2, 0.25) is 0 Å². The summed E-state index contributed by atoms with van der Waals surface area (Å²) in [6, 6.07) is -0.00583. The van der Waals surface area contributed by atoms with Crippen molar-refractivity contribution >= 4 is 23.6 Å². The topological polar surface area (TPSA) is 66.7 Å². The molecule has 0 fully saturated rings. The molecule has 0 radical (unpaired) electrons. The number of aliphatic hydroxyl groups is 1. The van der Waals surface area contributed by atoms with Gasteiger partial charge < -0.3 is 5.11 Å². The van der Waals surface area contributed by atoms with Crippen LogP contribution < -0.4 is 0 Å². The lowest BCUT2D eigenvalue weighted by molar-refractivity contribution is 0.263. The van der Waals surface area contributed by atoms with Crippen molar-refractivity contribution in [2.24, 2.45) is 0 Å². The second-order valence-corrected chi connectivity index (χ2v) is 5.20. The van der Waals surface area contributed by atoms with Crippen molar-refractivity contribution in [1.29, 1.82) is 0 Å². The smallest absolute Gasteiger partial charge is 0.195 e. The first-order valence-corrected chi connectivity index (χ1v) is 6.61. The fourth-order valence-corrected chi connectivity index (χ4v) is 2.85. The first kappa shape index (κ1) is 12.4. The molecule has 5 nitrogen and oxygen atoms in total. The molecule has 0 aliphatic rings. The Labute approximate surface area is 108 Å². The molecule has 0 aromatic carbocycles. The van der Waals surface area contributed by atoms with Gasteiger partial charge in [0.25, 0.3) is 0 Å². The Morgan fingerprint density at radius 1 is 1.65 bits per heavy atom. The summed E-state index contributed by atoms with van der Waals surface area (Å²) in [5.41, 5.74) is 0. The Bertz CT molecular complexity index is 557. The highest BCUT2D eigenvalue weighted by Crippen LogP contribution is 2.24. The van der Waals surface area contributed by atoms with Gasteiger partial charge in [0.1, 0.15) is 11.6 Å². The third-order valence-electron chi connectivity index (χ3n) is 2.58. The monoisotopic (exact) mass is 270 g/mol. The maximum atomic E-state index is 9.21. The molecule has 0 spiro atoms. The zero-order chi connectivity index (χ0) is 12.4. The summed E-state index contributed by atoms with van der Waals surface area (Å²) in [7, 11) is 0.